The molecule has 4 rings (SSSR count). The molecule has 0 saturated carbocycles. The Kier molecular flexibility index (Phi) is 3.31. The highest BCUT2D eigenvalue weighted by atomic mass is 16.5. The van der Waals surface area contributed by atoms with Crippen LogP contribution in [0, 0.1) is 0 Å². The molecule has 1 aliphatic rings. The van der Waals surface area contributed by atoms with Crippen molar-refractivity contribution in [1.29, 1.82) is 0 Å². The lowest BCUT2D eigenvalue weighted by atomic mass is 10.1. The molecule has 6 nitrogen and oxygen atoms in total. The van der Waals surface area contributed by atoms with Crippen LogP contribution >= 0.6 is 0 Å². The molecular weight excluding hydrogens is 294 g/mol. The molecule has 6 heteroatoms. The van der Waals surface area contributed by atoms with Gasteiger partial charge in [0.25, 0.3) is 5.91 Å². The number of hydrogen-bond acceptors (Lipinski definition) is 5. The fourth-order valence-electron chi connectivity index (χ4n) is 2.92. The summed E-state index contributed by atoms with van der Waals surface area (Å²) in [6.45, 7) is 0.805. The van der Waals surface area contributed by atoms with Crippen molar-refractivity contribution in [2.45, 2.75) is 13.0 Å². The van der Waals surface area contributed by atoms with E-state index in [0.717, 1.165) is 22.0 Å². The molecule has 1 amide bonds. The minimum Gasteiger partial charge on any atom is -0.384 e. The van der Waals surface area contributed by atoms with Gasteiger partial charge in [-0.25, -0.2) is 0 Å². The molecule has 2 heterocycles. The molecule has 2 aromatic carbocycles. The molecule has 0 unspecified atom stereocenters. The summed E-state index contributed by atoms with van der Waals surface area (Å²) in [5.41, 5.74) is 1.61. The Morgan fingerprint density at radius 3 is 2.87 bits per heavy atom. The van der Waals surface area contributed by atoms with E-state index >= 15 is 0 Å². The highest BCUT2D eigenvalue weighted by Gasteiger charge is 2.30. The molecule has 0 spiro atoms. The molecule has 1 aliphatic heterocycles. The quantitative estimate of drug-likeness (QED) is 0.724. The average molecular weight is 309 g/mol. The SMILES string of the molecule is COCCc1noc(CN2C(=O)c3cccc4cccc2c34)n1. The van der Waals surface area contributed by atoms with Crippen LogP contribution in [0.3, 0.4) is 0 Å². The van der Waals surface area contributed by atoms with E-state index in [0.29, 0.717) is 24.7 Å². The third-order valence-electron chi connectivity index (χ3n) is 3.98. The molecule has 0 aliphatic carbocycles. The van der Waals surface area contributed by atoms with Crippen LogP contribution in [0.2, 0.25) is 0 Å². The molecule has 0 bridgehead atoms. The van der Waals surface area contributed by atoms with Gasteiger partial charge in [0.15, 0.2) is 5.82 Å². The van der Waals surface area contributed by atoms with Gasteiger partial charge >= 0.3 is 0 Å². The second-order valence-electron chi connectivity index (χ2n) is 5.42. The lowest BCUT2D eigenvalue weighted by Crippen LogP contribution is -2.26. The summed E-state index contributed by atoms with van der Waals surface area (Å²) in [5, 5.41) is 5.96. The van der Waals surface area contributed by atoms with Crippen LogP contribution in [0.4, 0.5) is 5.69 Å². The van der Waals surface area contributed by atoms with Gasteiger partial charge in [0.2, 0.25) is 5.89 Å². The molecule has 116 valence electrons. The number of amides is 1. The third kappa shape index (κ3) is 2.27. The van der Waals surface area contributed by atoms with E-state index < -0.39 is 0 Å². The Morgan fingerprint density at radius 1 is 1.22 bits per heavy atom. The summed E-state index contributed by atoms with van der Waals surface area (Å²) in [4.78, 5) is 18.7. The van der Waals surface area contributed by atoms with Gasteiger partial charge in [-0.3, -0.25) is 9.69 Å². The second kappa shape index (κ2) is 5.48. The zero-order valence-electron chi connectivity index (χ0n) is 12.7. The second-order valence-corrected chi connectivity index (χ2v) is 5.42. The number of ether oxygens (including phenoxy) is 1. The van der Waals surface area contributed by atoms with E-state index in [2.05, 4.69) is 10.1 Å². The van der Waals surface area contributed by atoms with E-state index in [4.69, 9.17) is 9.26 Å². The number of rotatable bonds is 5. The summed E-state index contributed by atoms with van der Waals surface area (Å²) >= 11 is 0. The first-order valence-electron chi connectivity index (χ1n) is 7.42. The normalized spacial score (nSPS) is 13.3. The fourth-order valence-corrected chi connectivity index (χ4v) is 2.92. The highest BCUT2D eigenvalue weighted by Crippen LogP contribution is 2.37. The van der Waals surface area contributed by atoms with E-state index in [1.807, 2.05) is 36.4 Å². The third-order valence-corrected chi connectivity index (χ3v) is 3.98. The van der Waals surface area contributed by atoms with Gasteiger partial charge in [-0.2, -0.15) is 4.98 Å². The van der Waals surface area contributed by atoms with Crippen LogP contribution in [0.1, 0.15) is 22.1 Å². The van der Waals surface area contributed by atoms with E-state index in [9.17, 15) is 4.79 Å². The molecule has 0 N–H and O–H groups in total. The van der Waals surface area contributed by atoms with Crippen LogP contribution in [0.5, 0.6) is 0 Å². The van der Waals surface area contributed by atoms with Crippen LogP contribution < -0.4 is 4.90 Å². The van der Waals surface area contributed by atoms with Gasteiger partial charge in [0.1, 0.15) is 6.54 Å². The largest absolute Gasteiger partial charge is 0.384 e. The molecule has 3 aromatic rings. The average Bonchev–Trinajstić information content (AvgIpc) is 3.13. The van der Waals surface area contributed by atoms with Crippen molar-refractivity contribution in [3.8, 4) is 0 Å². The van der Waals surface area contributed by atoms with Crippen LogP contribution in [0.25, 0.3) is 10.8 Å². The zero-order chi connectivity index (χ0) is 15.8. The molecule has 0 saturated heterocycles. The van der Waals surface area contributed by atoms with Crippen molar-refractivity contribution in [1.82, 2.24) is 10.1 Å². The first-order chi connectivity index (χ1) is 11.3. The Balaban J connectivity index is 1.65. The number of hydrogen-bond donors (Lipinski definition) is 0. The van der Waals surface area contributed by atoms with Crippen molar-refractivity contribution < 1.29 is 14.1 Å². The Labute approximate surface area is 132 Å². The van der Waals surface area contributed by atoms with Crippen LogP contribution in [0.15, 0.2) is 40.9 Å². The number of aromatic nitrogens is 2. The number of methoxy groups -OCH3 is 1. The summed E-state index contributed by atoms with van der Waals surface area (Å²) in [5.74, 6) is 0.979. The summed E-state index contributed by atoms with van der Waals surface area (Å²) in [6, 6.07) is 11.7. The maximum atomic E-state index is 12.7. The van der Waals surface area contributed by atoms with E-state index in [1.165, 1.54) is 0 Å². The first kappa shape index (κ1) is 13.9. The number of benzene rings is 2. The minimum atomic E-state index is -0.0339. The maximum Gasteiger partial charge on any atom is 0.259 e. The fraction of sp³-hybridized carbons (Fsp3) is 0.235. The van der Waals surface area contributed by atoms with Gasteiger partial charge in [-0.1, -0.05) is 29.4 Å². The monoisotopic (exact) mass is 309 g/mol. The molecule has 0 radical (unpaired) electrons. The number of anilines is 1. The van der Waals surface area contributed by atoms with E-state index in [1.54, 1.807) is 12.0 Å². The van der Waals surface area contributed by atoms with Crippen LogP contribution in [-0.2, 0) is 17.7 Å². The Bertz CT molecular complexity index is 882. The number of carbonyl (C=O) groups is 1. The van der Waals surface area contributed by atoms with Crippen molar-refractivity contribution >= 4 is 22.4 Å². The number of carbonyl (C=O) groups excluding carboxylic acids is 1. The van der Waals surface area contributed by atoms with Gasteiger partial charge in [-0.05, 0) is 17.5 Å². The van der Waals surface area contributed by atoms with Crippen molar-refractivity contribution in [3.05, 3.63) is 53.7 Å². The Hall–Kier alpha value is -2.73. The predicted octanol–water partition coefficient (Wildman–Crippen LogP) is 2.57. The molecular formula is C17H15N3O3. The lowest BCUT2D eigenvalue weighted by molar-refractivity contribution is 0.0988. The molecule has 0 fully saturated rings. The zero-order valence-corrected chi connectivity index (χ0v) is 12.7. The van der Waals surface area contributed by atoms with Crippen LogP contribution in [-0.4, -0.2) is 29.8 Å². The van der Waals surface area contributed by atoms with Gasteiger partial charge < -0.3 is 9.26 Å². The predicted molar refractivity (Wildman–Crippen MR) is 84.3 cm³/mol. The summed E-state index contributed by atoms with van der Waals surface area (Å²) in [6.07, 6.45) is 0.587. The first-order valence-corrected chi connectivity index (χ1v) is 7.42. The van der Waals surface area contributed by atoms with Gasteiger partial charge in [-0.15, -0.1) is 0 Å². The lowest BCUT2D eigenvalue weighted by Gasteiger charge is -2.14. The molecule has 23 heavy (non-hydrogen) atoms. The standard InChI is InChI=1S/C17H15N3O3/c1-22-9-8-14-18-15(23-19-14)10-20-13-7-3-5-11-4-2-6-12(16(11)13)17(20)21/h2-7H,8-10H2,1H3. The molecule has 1 aromatic heterocycles. The van der Waals surface area contributed by atoms with Crippen molar-refractivity contribution in [2.75, 3.05) is 18.6 Å². The summed E-state index contributed by atoms with van der Waals surface area (Å²) < 4.78 is 10.3. The van der Waals surface area contributed by atoms with Gasteiger partial charge in [0, 0.05) is 24.5 Å². The van der Waals surface area contributed by atoms with E-state index in [-0.39, 0.29) is 12.5 Å². The minimum absolute atomic E-state index is 0.0339. The maximum absolute atomic E-state index is 12.7. The smallest absolute Gasteiger partial charge is 0.259 e. The molecule has 0 atom stereocenters. The van der Waals surface area contributed by atoms with Gasteiger partial charge in [0.05, 0.1) is 12.3 Å². The number of nitrogens with zero attached hydrogens (tertiary/aromatic N) is 3. The van der Waals surface area contributed by atoms with Crippen molar-refractivity contribution in [2.24, 2.45) is 0 Å². The highest BCUT2D eigenvalue weighted by molar-refractivity contribution is 6.24. The topological polar surface area (TPSA) is 68.5 Å². The van der Waals surface area contributed by atoms with Crippen molar-refractivity contribution in [3.63, 3.8) is 0 Å². The Morgan fingerprint density at radius 2 is 2.04 bits per heavy atom. The summed E-state index contributed by atoms with van der Waals surface area (Å²) in [7, 11) is 1.63.